The monoisotopic (exact) mass is 375 g/mol. The molecule has 1 aromatic rings. The zero-order valence-electron chi connectivity index (χ0n) is 15.4. The lowest BCUT2D eigenvalue weighted by atomic mass is 9.96. The van der Waals surface area contributed by atoms with Crippen LogP contribution in [0.25, 0.3) is 0 Å². The number of aromatic carboxylic acids is 1. The van der Waals surface area contributed by atoms with Gasteiger partial charge in [0.1, 0.15) is 5.75 Å². The summed E-state index contributed by atoms with van der Waals surface area (Å²) in [6.07, 6.45) is 3.35. The number of carboxylic acids is 1. The maximum Gasteiger partial charge on any atom is 0.335 e. The van der Waals surface area contributed by atoms with Crippen LogP contribution in [0, 0.1) is 5.92 Å². The quantitative estimate of drug-likeness (QED) is 0.841. The molecule has 8 heteroatoms. The van der Waals surface area contributed by atoms with Gasteiger partial charge < -0.3 is 25.0 Å². The van der Waals surface area contributed by atoms with E-state index in [9.17, 15) is 14.4 Å². The van der Waals surface area contributed by atoms with Gasteiger partial charge in [-0.2, -0.15) is 0 Å². The molecule has 1 aromatic carbocycles. The van der Waals surface area contributed by atoms with Crippen LogP contribution in [0.15, 0.2) is 18.2 Å². The number of methoxy groups -OCH3 is 1. The molecule has 0 unspecified atom stereocenters. The average Bonchev–Trinajstić information content (AvgIpc) is 3.22. The number of nitrogens with one attached hydrogen (secondary N) is 1. The van der Waals surface area contributed by atoms with Gasteiger partial charge in [-0.3, -0.25) is 4.79 Å². The van der Waals surface area contributed by atoms with Crippen molar-refractivity contribution in [3.05, 3.63) is 23.8 Å². The van der Waals surface area contributed by atoms with E-state index < -0.39 is 5.97 Å². The van der Waals surface area contributed by atoms with Gasteiger partial charge in [-0.15, -0.1) is 0 Å². The smallest absolute Gasteiger partial charge is 0.335 e. The van der Waals surface area contributed by atoms with Gasteiger partial charge in [0, 0.05) is 32.1 Å². The maximum absolute atomic E-state index is 12.6. The lowest BCUT2D eigenvalue weighted by molar-refractivity contribution is -0.121. The lowest BCUT2D eigenvalue weighted by Gasteiger charge is -2.34. The molecule has 8 nitrogen and oxygen atoms in total. The van der Waals surface area contributed by atoms with Crippen LogP contribution in [0.1, 0.15) is 36.0 Å². The standard InChI is InChI=1S/C19H25N3O5/c1-27-16-12-14(18(24)25)4-5-15(16)20-17(23)13-6-10-22(11-7-13)19(26)21-8-2-3-9-21/h4-5,12-13H,2-3,6-11H2,1H3,(H,20,23)(H,24,25). The summed E-state index contributed by atoms with van der Waals surface area (Å²) in [6, 6.07) is 4.43. The molecule has 2 aliphatic heterocycles. The number of hydrogen-bond acceptors (Lipinski definition) is 4. The normalized spacial score (nSPS) is 17.7. The van der Waals surface area contributed by atoms with Gasteiger partial charge in [0.15, 0.2) is 0 Å². The van der Waals surface area contributed by atoms with Crippen molar-refractivity contribution in [2.24, 2.45) is 5.92 Å². The number of amides is 3. The van der Waals surface area contributed by atoms with Crippen molar-refractivity contribution in [3.63, 3.8) is 0 Å². The zero-order valence-corrected chi connectivity index (χ0v) is 15.4. The Morgan fingerprint density at radius 2 is 1.70 bits per heavy atom. The van der Waals surface area contributed by atoms with Crippen molar-refractivity contribution in [2.75, 3.05) is 38.6 Å². The minimum absolute atomic E-state index is 0.0808. The van der Waals surface area contributed by atoms with Crippen molar-refractivity contribution in [1.29, 1.82) is 0 Å². The maximum atomic E-state index is 12.6. The third kappa shape index (κ3) is 4.32. The molecular weight excluding hydrogens is 350 g/mol. The van der Waals surface area contributed by atoms with Crippen LogP contribution in [-0.4, -0.2) is 66.1 Å². The Hall–Kier alpha value is -2.77. The lowest BCUT2D eigenvalue weighted by Crippen LogP contribution is -2.47. The fraction of sp³-hybridized carbons (Fsp3) is 0.526. The van der Waals surface area contributed by atoms with Crippen LogP contribution in [0.4, 0.5) is 10.5 Å². The first-order valence-electron chi connectivity index (χ1n) is 9.25. The van der Waals surface area contributed by atoms with Gasteiger partial charge in [-0.05, 0) is 43.9 Å². The summed E-state index contributed by atoms with van der Waals surface area (Å²) in [5, 5.41) is 11.9. The SMILES string of the molecule is COc1cc(C(=O)O)ccc1NC(=O)C1CCN(C(=O)N2CCCC2)CC1. The Morgan fingerprint density at radius 1 is 1.07 bits per heavy atom. The van der Waals surface area contributed by atoms with E-state index in [1.54, 1.807) is 0 Å². The Kier molecular flexibility index (Phi) is 5.83. The van der Waals surface area contributed by atoms with Crippen LogP contribution in [0.2, 0.25) is 0 Å². The zero-order chi connectivity index (χ0) is 19.4. The Morgan fingerprint density at radius 3 is 2.30 bits per heavy atom. The number of likely N-dealkylation sites (tertiary alicyclic amines) is 2. The van der Waals surface area contributed by atoms with Gasteiger partial charge >= 0.3 is 12.0 Å². The summed E-state index contributed by atoms with van der Waals surface area (Å²) in [5.41, 5.74) is 0.543. The second kappa shape index (κ2) is 8.28. The van der Waals surface area contributed by atoms with Crippen molar-refractivity contribution in [2.45, 2.75) is 25.7 Å². The Labute approximate surface area is 158 Å². The van der Waals surface area contributed by atoms with Gasteiger partial charge in [-0.25, -0.2) is 9.59 Å². The van der Waals surface area contributed by atoms with Crippen molar-refractivity contribution < 1.29 is 24.2 Å². The summed E-state index contributed by atoms with van der Waals surface area (Å²) in [6.45, 7) is 2.79. The first kappa shape index (κ1) is 19.0. The number of carbonyl (C=O) groups is 3. The van der Waals surface area contributed by atoms with Gasteiger partial charge in [0.25, 0.3) is 0 Å². The summed E-state index contributed by atoms with van der Waals surface area (Å²) >= 11 is 0. The predicted octanol–water partition coefficient (Wildman–Crippen LogP) is 2.26. The molecular formula is C19H25N3O5. The number of anilines is 1. The van der Waals surface area contributed by atoms with Crippen LogP contribution in [0.3, 0.4) is 0 Å². The number of ether oxygens (including phenoxy) is 1. The van der Waals surface area contributed by atoms with Gasteiger partial charge in [-0.1, -0.05) is 0 Å². The molecule has 2 heterocycles. The molecule has 0 bridgehead atoms. The fourth-order valence-electron chi connectivity index (χ4n) is 3.60. The number of benzene rings is 1. The first-order valence-corrected chi connectivity index (χ1v) is 9.25. The van der Waals surface area contributed by atoms with E-state index in [0.29, 0.717) is 37.4 Å². The van der Waals surface area contributed by atoms with E-state index in [2.05, 4.69) is 5.32 Å². The molecule has 0 spiro atoms. The second-order valence-corrected chi connectivity index (χ2v) is 6.95. The highest BCUT2D eigenvalue weighted by Gasteiger charge is 2.30. The number of carbonyl (C=O) groups excluding carboxylic acids is 2. The van der Waals surface area contributed by atoms with E-state index >= 15 is 0 Å². The minimum atomic E-state index is -1.05. The molecule has 146 valence electrons. The molecule has 3 amide bonds. The highest BCUT2D eigenvalue weighted by Crippen LogP contribution is 2.28. The molecule has 3 rings (SSSR count). The van der Waals surface area contributed by atoms with Crippen LogP contribution in [0.5, 0.6) is 5.75 Å². The third-order valence-corrected chi connectivity index (χ3v) is 5.22. The van der Waals surface area contributed by atoms with E-state index in [-0.39, 0.29) is 23.4 Å². The average molecular weight is 375 g/mol. The molecule has 0 atom stereocenters. The third-order valence-electron chi connectivity index (χ3n) is 5.22. The second-order valence-electron chi connectivity index (χ2n) is 6.95. The number of carboxylic acid groups (broad SMARTS) is 1. The summed E-state index contributed by atoms with van der Waals surface area (Å²) in [4.78, 5) is 39.8. The summed E-state index contributed by atoms with van der Waals surface area (Å²) in [5.74, 6) is -1.06. The van der Waals surface area contributed by atoms with E-state index in [0.717, 1.165) is 25.9 Å². The molecule has 0 radical (unpaired) electrons. The summed E-state index contributed by atoms with van der Waals surface area (Å²) < 4.78 is 5.19. The fourth-order valence-corrected chi connectivity index (χ4v) is 3.60. The molecule has 0 saturated carbocycles. The molecule has 2 aliphatic rings. The van der Waals surface area contributed by atoms with Crippen LogP contribution < -0.4 is 10.1 Å². The highest BCUT2D eigenvalue weighted by molar-refractivity contribution is 5.95. The molecule has 27 heavy (non-hydrogen) atoms. The van der Waals surface area contributed by atoms with E-state index in [1.165, 1.54) is 25.3 Å². The Bertz CT molecular complexity index is 722. The number of hydrogen-bond donors (Lipinski definition) is 2. The molecule has 0 aliphatic carbocycles. The first-order chi connectivity index (χ1) is 13.0. The minimum Gasteiger partial charge on any atom is -0.495 e. The highest BCUT2D eigenvalue weighted by atomic mass is 16.5. The molecule has 2 N–H and O–H groups in total. The van der Waals surface area contributed by atoms with Crippen LogP contribution in [-0.2, 0) is 4.79 Å². The number of rotatable bonds is 4. The molecule has 2 fully saturated rings. The van der Waals surface area contributed by atoms with Crippen LogP contribution >= 0.6 is 0 Å². The number of nitrogens with zero attached hydrogens (tertiary/aromatic N) is 2. The van der Waals surface area contributed by atoms with Gasteiger partial charge in [0.2, 0.25) is 5.91 Å². The topological polar surface area (TPSA) is 99.2 Å². The predicted molar refractivity (Wildman–Crippen MR) is 99.1 cm³/mol. The largest absolute Gasteiger partial charge is 0.495 e. The molecule has 2 saturated heterocycles. The van der Waals surface area contributed by atoms with Gasteiger partial charge in [0.05, 0.1) is 18.4 Å². The van der Waals surface area contributed by atoms with E-state index in [4.69, 9.17) is 9.84 Å². The number of urea groups is 1. The van der Waals surface area contributed by atoms with Crippen molar-refractivity contribution in [3.8, 4) is 5.75 Å². The van der Waals surface area contributed by atoms with Crippen molar-refractivity contribution >= 4 is 23.6 Å². The molecule has 0 aromatic heterocycles. The number of piperidine rings is 1. The Balaban J connectivity index is 1.56. The summed E-state index contributed by atoms with van der Waals surface area (Å²) in [7, 11) is 1.43. The van der Waals surface area contributed by atoms with E-state index in [1.807, 2.05) is 9.80 Å². The van der Waals surface area contributed by atoms with Crippen molar-refractivity contribution in [1.82, 2.24) is 9.80 Å².